The molecular formula is C22H29N3O6. The van der Waals surface area contributed by atoms with Gasteiger partial charge >= 0.3 is 0 Å². The van der Waals surface area contributed by atoms with Crippen LogP contribution in [0.4, 0.5) is 5.69 Å². The number of methoxy groups -OCH3 is 3. The minimum Gasteiger partial charge on any atom is -0.493 e. The highest BCUT2D eigenvalue weighted by atomic mass is 16.6. The summed E-state index contributed by atoms with van der Waals surface area (Å²) in [5, 5.41) is 15.3. The molecule has 1 unspecified atom stereocenters. The van der Waals surface area contributed by atoms with Gasteiger partial charge < -0.3 is 29.2 Å². The Morgan fingerprint density at radius 2 is 1.61 bits per heavy atom. The van der Waals surface area contributed by atoms with Crippen LogP contribution in [0.25, 0.3) is 0 Å². The third-order valence-corrected chi connectivity index (χ3v) is 5.32. The van der Waals surface area contributed by atoms with Crippen molar-refractivity contribution < 1.29 is 23.9 Å². The summed E-state index contributed by atoms with van der Waals surface area (Å²) in [7, 11) is 8.53. The molecule has 2 aromatic carbocycles. The lowest BCUT2D eigenvalue weighted by Crippen LogP contribution is -2.31. The summed E-state index contributed by atoms with van der Waals surface area (Å²) in [6, 6.07) is 6.55. The molecule has 0 saturated heterocycles. The predicted molar refractivity (Wildman–Crippen MR) is 117 cm³/mol. The number of nitro groups is 1. The number of likely N-dealkylation sites (N-methyl/N-ethyl adjacent to an activating group) is 1. The quantitative estimate of drug-likeness (QED) is 0.478. The van der Waals surface area contributed by atoms with Crippen molar-refractivity contribution in [1.82, 2.24) is 10.2 Å². The lowest BCUT2D eigenvalue weighted by Gasteiger charge is -2.29. The van der Waals surface area contributed by atoms with Crippen LogP contribution in [0.3, 0.4) is 0 Å². The van der Waals surface area contributed by atoms with Crippen LogP contribution in [-0.4, -0.2) is 64.9 Å². The molecule has 0 amide bonds. The van der Waals surface area contributed by atoms with Crippen LogP contribution in [0.15, 0.2) is 24.3 Å². The van der Waals surface area contributed by atoms with Crippen molar-refractivity contribution in [1.29, 1.82) is 0 Å². The summed E-state index contributed by atoms with van der Waals surface area (Å²) in [6.07, 6.45) is 0.779. The number of rotatable bonds is 9. The summed E-state index contributed by atoms with van der Waals surface area (Å²) in [5.41, 5.74) is 2.45. The van der Waals surface area contributed by atoms with Crippen molar-refractivity contribution in [2.24, 2.45) is 0 Å². The molecule has 3 rings (SSSR count). The summed E-state index contributed by atoms with van der Waals surface area (Å²) >= 11 is 0. The Kier molecular flexibility index (Phi) is 7.19. The van der Waals surface area contributed by atoms with Crippen LogP contribution >= 0.6 is 0 Å². The number of hydrogen-bond donors (Lipinski definition) is 1. The number of fused-ring (bicyclic) bond motifs is 1. The molecule has 1 heterocycles. The summed E-state index contributed by atoms with van der Waals surface area (Å²) in [6.45, 7) is 1.92. The van der Waals surface area contributed by atoms with Crippen LogP contribution in [0.5, 0.6) is 23.0 Å². The topological polar surface area (TPSA) is 95.3 Å². The van der Waals surface area contributed by atoms with Gasteiger partial charge in [-0.05, 0) is 49.8 Å². The minimum atomic E-state index is -0.398. The van der Waals surface area contributed by atoms with Gasteiger partial charge in [-0.3, -0.25) is 10.1 Å². The molecule has 2 aromatic rings. The molecule has 1 aliphatic rings. The lowest BCUT2D eigenvalue weighted by molar-refractivity contribution is -0.385. The average Bonchev–Trinajstić information content (AvgIpc) is 2.76. The van der Waals surface area contributed by atoms with Crippen molar-refractivity contribution in [3.8, 4) is 23.0 Å². The van der Waals surface area contributed by atoms with Crippen molar-refractivity contribution >= 4 is 5.69 Å². The number of benzene rings is 2. The average molecular weight is 431 g/mol. The maximum absolute atomic E-state index is 11.8. The van der Waals surface area contributed by atoms with E-state index in [0.717, 1.165) is 24.1 Å². The molecule has 0 aromatic heterocycles. The second kappa shape index (κ2) is 9.84. The first kappa shape index (κ1) is 22.6. The van der Waals surface area contributed by atoms with Gasteiger partial charge in [0.15, 0.2) is 23.0 Å². The van der Waals surface area contributed by atoms with Gasteiger partial charge in [0.1, 0.15) is 6.61 Å². The van der Waals surface area contributed by atoms with E-state index in [0.29, 0.717) is 41.7 Å². The van der Waals surface area contributed by atoms with E-state index in [4.69, 9.17) is 18.9 Å². The van der Waals surface area contributed by atoms with E-state index in [9.17, 15) is 10.1 Å². The third-order valence-electron chi connectivity index (χ3n) is 5.32. The zero-order valence-corrected chi connectivity index (χ0v) is 18.6. The van der Waals surface area contributed by atoms with Gasteiger partial charge in [-0.2, -0.15) is 0 Å². The van der Waals surface area contributed by atoms with E-state index in [-0.39, 0.29) is 5.69 Å². The van der Waals surface area contributed by atoms with E-state index in [1.807, 2.05) is 31.1 Å². The molecule has 0 aliphatic carbocycles. The van der Waals surface area contributed by atoms with E-state index < -0.39 is 11.0 Å². The second-order valence-electron chi connectivity index (χ2n) is 7.51. The van der Waals surface area contributed by atoms with Crippen LogP contribution in [0.1, 0.15) is 22.7 Å². The van der Waals surface area contributed by atoms with Crippen molar-refractivity contribution in [3.63, 3.8) is 0 Å². The predicted octanol–water partition coefficient (Wildman–Crippen LogP) is 2.80. The first-order chi connectivity index (χ1) is 14.9. The first-order valence-corrected chi connectivity index (χ1v) is 10.0. The minimum absolute atomic E-state index is 0.0334. The maximum atomic E-state index is 11.8. The van der Waals surface area contributed by atoms with Crippen molar-refractivity contribution in [2.45, 2.75) is 12.5 Å². The fourth-order valence-corrected chi connectivity index (χ4v) is 3.73. The highest BCUT2D eigenvalue weighted by Gasteiger charge is 2.31. The van der Waals surface area contributed by atoms with Gasteiger partial charge in [0.25, 0.3) is 5.69 Å². The monoisotopic (exact) mass is 431 g/mol. The van der Waals surface area contributed by atoms with Crippen LogP contribution < -0.4 is 24.3 Å². The van der Waals surface area contributed by atoms with E-state index >= 15 is 0 Å². The summed E-state index contributed by atoms with van der Waals surface area (Å²) in [5.74, 6) is 2.02. The molecule has 9 heteroatoms. The highest BCUT2D eigenvalue weighted by molar-refractivity contribution is 5.59. The first-order valence-electron chi connectivity index (χ1n) is 10.0. The summed E-state index contributed by atoms with van der Waals surface area (Å²) < 4.78 is 22.2. The summed E-state index contributed by atoms with van der Waals surface area (Å²) in [4.78, 5) is 13.5. The van der Waals surface area contributed by atoms with Gasteiger partial charge in [-0.25, -0.2) is 0 Å². The Labute approximate surface area is 182 Å². The molecule has 1 aliphatic heterocycles. The van der Waals surface area contributed by atoms with Crippen LogP contribution in [-0.2, 0) is 6.42 Å². The molecule has 1 atom stereocenters. The SMILES string of the molecule is COc1cc(C2NCCc3cc(OC)c(OCCN(C)C)cc32)c([N+](=O)[O-])cc1OC. The van der Waals surface area contributed by atoms with Crippen LogP contribution in [0.2, 0.25) is 0 Å². The molecule has 31 heavy (non-hydrogen) atoms. The van der Waals surface area contributed by atoms with E-state index in [1.54, 1.807) is 13.2 Å². The van der Waals surface area contributed by atoms with Gasteiger partial charge in [0, 0.05) is 13.1 Å². The lowest BCUT2D eigenvalue weighted by atomic mass is 9.88. The Balaban J connectivity index is 2.09. The molecule has 0 fully saturated rings. The molecule has 168 valence electrons. The smallest absolute Gasteiger partial charge is 0.278 e. The molecule has 0 radical (unpaired) electrons. The molecule has 0 saturated carbocycles. The zero-order chi connectivity index (χ0) is 22.5. The maximum Gasteiger partial charge on any atom is 0.278 e. The molecule has 0 spiro atoms. The van der Waals surface area contributed by atoms with Gasteiger partial charge in [-0.1, -0.05) is 0 Å². The fraction of sp³-hybridized carbons (Fsp3) is 0.455. The van der Waals surface area contributed by atoms with Crippen molar-refractivity contribution in [2.75, 3.05) is 55.1 Å². The van der Waals surface area contributed by atoms with Crippen molar-refractivity contribution in [3.05, 3.63) is 51.1 Å². The normalized spacial score (nSPS) is 15.4. The largest absolute Gasteiger partial charge is 0.493 e. The van der Waals surface area contributed by atoms with E-state index in [1.165, 1.54) is 20.3 Å². The Morgan fingerprint density at radius 1 is 1.00 bits per heavy atom. The third kappa shape index (κ3) is 4.83. The van der Waals surface area contributed by atoms with Gasteiger partial charge in [-0.15, -0.1) is 0 Å². The highest BCUT2D eigenvalue weighted by Crippen LogP contribution is 2.43. The number of hydrogen-bond acceptors (Lipinski definition) is 8. The second-order valence-corrected chi connectivity index (χ2v) is 7.51. The fourth-order valence-electron chi connectivity index (χ4n) is 3.73. The van der Waals surface area contributed by atoms with Gasteiger partial charge in [0.05, 0.1) is 43.9 Å². The number of nitro benzene ring substituents is 1. The molecule has 1 N–H and O–H groups in total. The Hall–Kier alpha value is -3.04. The number of ether oxygens (including phenoxy) is 4. The molecule has 9 nitrogen and oxygen atoms in total. The zero-order valence-electron chi connectivity index (χ0n) is 18.6. The Morgan fingerprint density at radius 3 is 2.23 bits per heavy atom. The standard InChI is InChI=1S/C22H29N3O6/c1-24(2)8-9-31-21-11-15-14(10-18(21)28-3)6-7-23-22(15)16-12-19(29-4)20(30-5)13-17(16)25(26)27/h10-13,22-23H,6-9H2,1-5H3. The number of nitrogens with zero attached hydrogens (tertiary/aromatic N) is 2. The number of nitrogens with one attached hydrogen (secondary N) is 1. The van der Waals surface area contributed by atoms with Gasteiger partial charge in [0.2, 0.25) is 0 Å². The Bertz CT molecular complexity index is 947. The van der Waals surface area contributed by atoms with E-state index in [2.05, 4.69) is 5.32 Å². The van der Waals surface area contributed by atoms with Crippen LogP contribution in [0, 0.1) is 10.1 Å². The molecule has 0 bridgehead atoms. The molecular weight excluding hydrogens is 402 g/mol.